The van der Waals surface area contributed by atoms with Crippen LogP contribution in [0.4, 0.5) is 5.69 Å². The molecular formula is C24H33N5O. The highest BCUT2D eigenvalue weighted by Gasteiger charge is 2.11. The van der Waals surface area contributed by atoms with Crippen LogP contribution in [0.2, 0.25) is 0 Å². The maximum atomic E-state index is 11.2. The van der Waals surface area contributed by atoms with E-state index in [1.165, 1.54) is 44.0 Å². The maximum Gasteiger partial charge on any atom is 0.221 e. The van der Waals surface area contributed by atoms with Gasteiger partial charge >= 0.3 is 0 Å². The molecule has 1 heterocycles. The normalized spacial score (nSPS) is 14.5. The number of aliphatic imine (C=N–C) groups is 1. The topological polar surface area (TPSA) is 68.8 Å². The number of hydrogen-bond donors (Lipinski definition) is 3. The quantitative estimate of drug-likeness (QED) is 0.463. The Kier molecular flexibility index (Phi) is 8.27. The molecule has 3 N–H and O–H groups in total. The van der Waals surface area contributed by atoms with Gasteiger partial charge in [-0.2, -0.15) is 0 Å². The third kappa shape index (κ3) is 7.19. The molecule has 0 bridgehead atoms. The van der Waals surface area contributed by atoms with Crippen molar-refractivity contribution in [3.63, 3.8) is 0 Å². The SMILES string of the molecule is CCNC(=NCc1cccc(NC(C)=O)c1)NCc1ccc(CN2CCCC2)cc1. The zero-order valence-electron chi connectivity index (χ0n) is 18.1. The first kappa shape index (κ1) is 21.8. The second kappa shape index (κ2) is 11.4. The highest BCUT2D eigenvalue weighted by Crippen LogP contribution is 2.14. The van der Waals surface area contributed by atoms with Crippen molar-refractivity contribution in [2.45, 2.75) is 46.3 Å². The molecule has 6 heteroatoms. The fourth-order valence-electron chi connectivity index (χ4n) is 3.61. The van der Waals surface area contributed by atoms with E-state index in [0.717, 1.165) is 36.8 Å². The van der Waals surface area contributed by atoms with Crippen molar-refractivity contribution in [1.82, 2.24) is 15.5 Å². The number of anilines is 1. The Morgan fingerprint density at radius 1 is 1.00 bits per heavy atom. The van der Waals surface area contributed by atoms with Crippen molar-refractivity contribution in [3.8, 4) is 0 Å². The van der Waals surface area contributed by atoms with E-state index < -0.39 is 0 Å². The number of carbonyl (C=O) groups is 1. The van der Waals surface area contributed by atoms with Crippen LogP contribution >= 0.6 is 0 Å². The molecule has 2 aromatic carbocycles. The molecule has 3 rings (SSSR count). The first-order valence-electron chi connectivity index (χ1n) is 10.8. The van der Waals surface area contributed by atoms with Gasteiger partial charge in [0.2, 0.25) is 5.91 Å². The summed E-state index contributed by atoms with van der Waals surface area (Å²) in [5.41, 5.74) is 4.45. The molecule has 0 aromatic heterocycles. The summed E-state index contributed by atoms with van der Waals surface area (Å²) in [6.45, 7) is 9.12. The number of hydrogen-bond acceptors (Lipinski definition) is 3. The van der Waals surface area contributed by atoms with Crippen molar-refractivity contribution in [2.24, 2.45) is 4.99 Å². The Balaban J connectivity index is 1.54. The van der Waals surface area contributed by atoms with E-state index in [2.05, 4.69) is 57.0 Å². The molecular weight excluding hydrogens is 374 g/mol. The number of nitrogens with one attached hydrogen (secondary N) is 3. The number of benzene rings is 2. The predicted octanol–water partition coefficient (Wildman–Crippen LogP) is 3.50. The van der Waals surface area contributed by atoms with Crippen LogP contribution in [0.3, 0.4) is 0 Å². The van der Waals surface area contributed by atoms with E-state index in [1.54, 1.807) is 0 Å². The summed E-state index contributed by atoms with van der Waals surface area (Å²) < 4.78 is 0. The van der Waals surface area contributed by atoms with Crippen molar-refractivity contribution >= 4 is 17.6 Å². The highest BCUT2D eigenvalue weighted by molar-refractivity contribution is 5.88. The zero-order valence-corrected chi connectivity index (χ0v) is 18.1. The fraction of sp³-hybridized carbons (Fsp3) is 0.417. The predicted molar refractivity (Wildman–Crippen MR) is 123 cm³/mol. The van der Waals surface area contributed by atoms with Crippen LogP contribution < -0.4 is 16.0 Å². The minimum atomic E-state index is -0.0721. The summed E-state index contributed by atoms with van der Waals surface area (Å²) in [6.07, 6.45) is 2.65. The Hall–Kier alpha value is -2.86. The molecule has 0 spiro atoms. The maximum absolute atomic E-state index is 11.2. The Morgan fingerprint density at radius 3 is 2.43 bits per heavy atom. The van der Waals surface area contributed by atoms with Gasteiger partial charge in [-0.15, -0.1) is 0 Å². The van der Waals surface area contributed by atoms with Gasteiger partial charge in [0, 0.05) is 32.2 Å². The first-order valence-corrected chi connectivity index (χ1v) is 10.8. The molecule has 30 heavy (non-hydrogen) atoms. The van der Waals surface area contributed by atoms with Gasteiger partial charge in [-0.25, -0.2) is 4.99 Å². The number of amides is 1. The fourth-order valence-corrected chi connectivity index (χ4v) is 3.61. The minimum Gasteiger partial charge on any atom is -0.357 e. The average molecular weight is 408 g/mol. The number of guanidine groups is 1. The summed E-state index contributed by atoms with van der Waals surface area (Å²) in [7, 11) is 0. The first-order chi connectivity index (χ1) is 14.6. The lowest BCUT2D eigenvalue weighted by atomic mass is 10.1. The van der Waals surface area contributed by atoms with Crippen molar-refractivity contribution in [2.75, 3.05) is 25.0 Å². The number of rotatable bonds is 8. The third-order valence-corrected chi connectivity index (χ3v) is 5.10. The summed E-state index contributed by atoms with van der Waals surface area (Å²) in [5.74, 6) is 0.709. The molecule has 1 amide bonds. The summed E-state index contributed by atoms with van der Waals surface area (Å²) in [4.78, 5) is 18.4. The van der Waals surface area contributed by atoms with E-state index in [9.17, 15) is 4.79 Å². The summed E-state index contributed by atoms with van der Waals surface area (Å²) in [5, 5.41) is 9.51. The van der Waals surface area contributed by atoms with Gasteiger partial charge in [-0.3, -0.25) is 9.69 Å². The molecule has 1 aliphatic rings. The zero-order chi connectivity index (χ0) is 21.2. The third-order valence-electron chi connectivity index (χ3n) is 5.10. The van der Waals surface area contributed by atoms with Crippen molar-refractivity contribution in [1.29, 1.82) is 0 Å². The lowest BCUT2D eigenvalue weighted by Crippen LogP contribution is -2.36. The number of likely N-dealkylation sites (tertiary alicyclic amines) is 1. The molecule has 0 saturated carbocycles. The molecule has 0 radical (unpaired) electrons. The van der Waals surface area contributed by atoms with Crippen LogP contribution in [0.25, 0.3) is 0 Å². The second-order valence-electron chi connectivity index (χ2n) is 7.73. The lowest BCUT2D eigenvalue weighted by molar-refractivity contribution is -0.114. The highest BCUT2D eigenvalue weighted by atomic mass is 16.1. The Labute approximate surface area is 179 Å². The Morgan fingerprint density at radius 2 is 1.73 bits per heavy atom. The number of nitrogens with zero attached hydrogens (tertiary/aromatic N) is 2. The molecule has 0 unspecified atom stereocenters. The van der Waals surface area contributed by atoms with Gasteiger partial charge < -0.3 is 16.0 Å². The molecule has 1 saturated heterocycles. The molecule has 0 aliphatic carbocycles. The van der Waals surface area contributed by atoms with Crippen LogP contribution in [0, 0.1) is 0 Å². The Bertz CT molecular complexity index is 841. The minimum absolute atomic E-state index is 0.0721. The van der Waals surface area contributed by atoms with Gasteiger partial charge in [0.05, 0.1) is 6.54 Å². The second-order valence-corrected chi connectivity index (χ2v) is 7.73. The van der Waals surface area contributed by atoms with Gasteiger partial charge in [-0.1, -0.05) is 36.4 Å². The van der Waals surface area contributed by atoms with Crippen molar-refractivity contribution in [3.05, 3.63) is 65.2 Å². The van der Waals surface area contributed by atoms with Crippen LogP contribution in [0.5, 0.6) is 0 Å². The van der Waals surface area contributed by atoms with E-state index in [0.29, 0.717) is 6.54 Å². The molecule has 6 nitrogen and oxygen atoms in total. The van der Waals surface area contributed by atoms with E-state index in [-0.39, 0.29) is 5.91 Å². The van der Waals surface area contributed by atoms with Gasteiger partial charge in [0.25, 0.3) is 0 Å². The van der Waals surface area contributed by atoms with Crippen LogP contribution in [-0.4, -0.2) is 36.4 Å². The van der Waals surface area contributed by atoms with Gasteiger partial charge in [0.1, 0.15) is 0 Å². The summed E-state index contributed by atoms with van der Waals surface area (Å²) in [6, 6.07) is 16.6. The molecule has 2 aromatic rings. The summed E-state index contributed by atoms with van der Waals surface area (Å²) >= 11 is 0. The van der Waals surface area contributed by atoms with E-state index in [1.807, 2.05) is 24.3 Å². The van der Waals surface area contributed by atoms with E-state index in [4.69, 9.17) is 0 Å². The van der Waals surface area contributed by atoms with Crippen LogP contribution in [-0.2, 0) is 24.4 Å². The molecule has 1 aliphatic heterocycles. The largest absolute Gasteiger partial charge is 0.357 e. The number of carbonyl (C=O) groups excluding carboxylic acids is 1. The average Bonchev–Trinajstić information content (AvgIpc) is 3.24. The monoisotopic (exact) mass is 407 g/mol. The smallest absolute Gasteiger partial charge is 0.221 e. The van der Waals surface area contributed by atoms with Crippen LogP contribution in [0.15, 0.2) is 53.5 Å². The van der Waals surface area contributed by atoms with Gasteiger partial charge in [-0.05, 0) is 61.7 Å². The molecule has 1 fully saturated rings. The van der Waals surface area contributed by atoms with E-state index >= 15 is 0 Å². The van der Waals surface area contributed by atoms with Gasteiger partial charge in [0.15, 0.2) is 5.96 Å². The van der Waals surface area contributed by atoms with Crippen molar-refractivity contribution < 1.29 is 4.79 Å². The molecule has 0 atom stereocenters. The molecule has 160 valence electrons. The standard InChI is InChI=1S/C24H33N5O/c1-3-25-24(27-17-22-7-6-8-23(15-22)28-19(2)30)26-16-20-9-11-21(12-10-20)18-29-13-4-5-14-29/h6-12,15H,3-5,13-14,16-18H2,1-2H3,(H,28,30)(H2,25,26,27). The van der Waals surface area contributed by atoms with Crippen LogP contribution in [0.1, 0.15) is 43.4 Å². The lowest BCUT2D eigenvalue weighted by Gasteiger charge is -2.15.